The van der Waals surface area contributed by atoms with Crippen molar-refractivity contribution in [3.63, 3.8) is 0 Å². The summed E-state index contributed by atoms with van der Waals surface area (Å²) in [6, 6.07) is 1.35. The first-order chi connectivity index (χ1) is 6.94. The molecule has 0 bridgehead atoms. The number of nitrogens with zero attached hydrogens (tertiary/aromatic N) is 1. The van der Waals surface area contributed by atoms with E-state index in [1.807, 2.05) is 0 Å². The molecule has 1 saturated heterocycles. The Kier molecular flexibility index (Phi) is 4.56. The third kappa shape index (κ3) is 4.09. The normalized spacial score (nSPS) is 29.4. The van der Waals surface area contributed by atoms with Gasteiger partial charge in [0.2, 0.25) is 0 Å². The standard InChI is InChI=1S/C12H26N2O/c1-10-8-11(6-7-14(10)4)13-9-12(2,3)15-5/h10-11,13H,6-9H2,1-5H3. The van der Waals surface area contributed by atoms with Crippen molar-refractivity contribution < 1.29 is 4.74 Å². The zero-order valence-electron chi connectivity index (χ0n) is 10.8. The van der Waals surface area contributed by atoms with Gasteiger partial charge in [-0.2, -0.15) is 0 Å². The molecule has 0 aromatic carbocycles. The summed E-state index contributed by atoms with van der Waals surface area (Å²) < 4.78 is 5.40. The van der Waals surface area contributed by atoms with Crippen LogP contribution in [0.5, 0.6) is 0 Å². The molecule has 3 heteroatoms. The molecule has 2 atom stereocenters. The predicted molar refractivity (Wildman–Crippen MR) is 64.2 cm³/mol. The number of nitrogens with one attached hydrogen (secondary N) is 1. The van der Waals surface area contributed by atoms with Gasteiger partial charge < -0.3 is 15.0 Å². The molecule has 0 spiro atoms. The third-order valence-electron chi connectivity index (χ3n) is 3.58. The van der Waals surface area contributed by atoms with Crippen LogP contribution < -0.4 is 5.32 Å². The van der Waals surface area contributed by atoms with E-state index in [9.17, 15) is 0 Å². The number of hydrogen-bond donors (Lipinski definition) is 1. The minimum absolute atomic E-state index is 0.0490. The first-order valence-electron chi connectivity index (χ1n) is 5.93. The van der Waals surface area contributed by atoms with E-state index in [1.54, 1.807) is 7.11 Å². The molecule has 0 aromatic heterocycles. The Morgan fingerprint density at radius 2 is 2.13 bits per heavy atom. The third-order valence-corrected chi connectivity index (χ3v) is 3.58. The van der Waals surface area contributed by atoms with E-state index in [0.717, 1.165) is 6.54 Å². The maximum absolute atomic E-state index is 5.40. The van der Waals surface area contributed by atoms with Crippen molar-refractivity contribution in [3.05, 3.63) is 0 Å². The molecule has 2 unspecified atom stereocenters. The van der Waals surface area contributed by atoms with Gasteiger partial charge in [0, 0.05) is 25.7 Å². The van der Waals surface area contributed by atoms with Gasteiger partial charge in [-0.3, -0.25) is 0 Å². The van der Waals surface area contributed by atoms with E-state index in [2.05, 4.69) is 38.0 Å². The Hall–Kier alpha value is -0.120. The van der Waals surface area contributed by atoms with Gasteiger partial charge in [-0.1, -0.05) is 0 Å². The Morgan fingerprint density at radius 3 is 2.67 bits per heavy atom. The van der Waals surface area contributed by atoms with Crippen molar-refractivity contribution in [1.29, 1.82) is 0 Å². The molecule has 0 radical (unpaired) electrons. The van der Waals surface area contributed by atoms with Gasteiger partial charge in [0.1, 0.15) is 0 Å². The molecule has 0 aromatic rings. The van der Waals surface area contributed by atoms with Crippen molar-refractivity contribution in [1.82, 2.24) is 10.2 Å². The van der Waals surface area contributed by atoms with Crippen LogP contribution in [0.1, 0.15) is 33.6 Å². The SMILES string of the molecule is COC(C)(C)CNC1CCN(C)C(C)C1. The van der Waals surface area contributed by atoms with E-state index in [0.29, 0.717) is 12.1 Å². The molecule has 1 aliphatic heterocycles. The van der Waals surface area contributed by atoms with Crippen molar-refractivity contribution >= 4 is 0 Å². The first kappa shape index (κ1) is 12.9. The number of hydrogen-bond acceptors (Lipinski definition) is 3. The summed E-state index contributed by atoms with van der Waals surface area (Å²) in [4.78, 5) is 2.43. The zero-order chi connectivity index (χ0) is 11.5. The van der Waals surface area contributed by atoms with Gasteiger partial charge in [0.25, 0.3) is 0 Å². The minimum atomic E-state index is -0.0490. The molecule has 0 amide bonds. The van der Waals surface area contributed by atoms with E-state index >= 15 is 0 Å². The lowest BCUT2D eigenvalue weighted by Gasteiger charge is -2.37. The van der Waals surface area contributed by atoms with Crippen LogP contribution in [-0.2, 0) is 4.74 Å². The number of piperidine rings is 1. The van der Waals surface area contributed by atoms with Crippen molar-refractivity contribution in [2.24, 2.45) is 0 Å². The fourth-order valence-electron chi connectivity index (χ4n) is 1.94. The molecule has 1 aliphatic rings. The second-order valence-electron chi connectivity index (χ2n) is 5.40. The molecule has 0 saturated carbocycles. The van der Waals surface area contributed by atoms with Crippen LogP contribution >= 0.6 is 0 Å². The molecule has 3 nitrogen and oxygen atoms in total. The highest BCUT2D eigenvalue weighted by molar-refractivity contribution is 4.83. The minimum Gasteiger partial charge on any atom is -0.377 e. The zero-order valence-corrected chi connectivity index (χ0v) is 10.8. The van der Waals surface area contributed by atoms with Crippen LogP contribution in [0.25, 0.3) is 0 Å². The van der Waals surface area contributed by atoms with Crippen molar-refractivity contribution in [3.8, 4) is 0 Å². The number of ether oxygens (including phenoxy) is 1. The summed E-state index contributed by atoms with van der Waals surface area (Å²) in [6.45, 7) is 8.68. The van der Waals surface area contributed by atoms with E-state index < -0.39 is 0 Å². The summed E-state index contributed by atoms with van der Waals surface area (Å²) in [7, 11) is 3.99. The van der Waals surface area contributed by atoms with Crippen molar-refractivity contribution in [2.75, 3.05) is 27.2 Å². The second-order valence-corrected chi connectivity index (χ2v) is 5.40. The molecule has 15 heavy (non-hydrogen) atoms. The number of methoxy groups -OCH3 is 1. The lowest BCUT2D eigenvalue weighted by molar-refractivity contribution is 0.0180. The fraction of sp³-hybridized carbons (Fsp3) is 1.00. The molecule has 1 fully saturated rings. The highest BCUT2D eigenvalue weighted by Crippen LogP contribution is 2.16. The Morgan fingerprint density at radius 1 is 1.47 bits per heavy atom. The molecular weight excluding hydrogens is 188 g/mol. The van der Waals surface area contributed by atoms with E-state index in [-0.39, 0.29) is 5.60 Å². The number of likely N-dealkylation sites (tertiary alicyclic amines) is 1. The second kappa shape index (κ2) is 5.28. The fourth-order valence-corrected chi connectivity index (χ4v) is 1.94. The molecule has 90 valence electrons. The van der Waals surface area contributed by atoms with E-state index in [4.69, 9.17) is 4.74 Å². The maximum Gasteiger partial charge on any atom is 0.0746 e. The number of rotatable bonds is 4. The molecule has 1 N–H and O–H groups in total. The summed E-state index contributed by atoms with van der Waals surface area (Å²) in [5, 5.41) is 3.61. The quantitative estimate of drug-likeness (QED) is 0.767. The highest BCUT2D eigenvalue weighted by Gasteiger charge is 2.24. The first-order valence-corrected chi connectivity index (χ1v) is 5.93. The van der Waals surface area contributed by atoms with Gasteiger partial charge >= 0.3 is 0 Å². The summed E-state index contributed by atoms with van der Waals surface area (Å²) in [6.07, 6.45) is 2.50. The largest absolute Gasteiger partial charge is 0.377 e. The van der Waals surface area contributed by atoms with Gasteiger partial charge in [-0.25, -0.2) is 0 Å². The smallest absolute Gasteiger partial charge is 0.0746 e. The monoisotopic (exact) mass is 214 g/mol. The van der Waals surface area contributed by atoms with Crippen LogP contribution in [0, 0.1) is 0 Å². The molecule has 0 aliphatic carbocycles. The Bertz CT molecular complexity index is 194. The highest BCUT2D eigenvalue weighted by atomic mass is 16.5. The lowest BCUT2D eigenvalue weighted by atomic mass is 9.98. The van der Waals surface area contributed by atoms with Crippen LogP contribution in [0.2, 0.25) is 0 Å². The van der Waals surface area contributed by atoms with E-state index in [1.165, 1.54) is 19.4 Å². The predicted octanol–water partition coefficient (Wildman–Crippen LogP) is 1.48. The van der Waals surface area contributed by atoms with Gasteiger partial charge in [0.05, 0.1) is 5.60 Å². The van der Waals surface area contributed by atoms with Crippen LogP contribution in [-0.4, -0.2) is 49.8 Å². The average Bonchev–Trinajstić information content (AvgIpc) is 2.20. The molecule has 1 rings (SSSR count). The van der Waals surface area contributed by atoms with Crippen molar-refractivity contribution in [2.45, 2.75) is 51.3 Å². The Balaban J connectivity index is 2.28. The van der Waals surface area contributed by atoms with Crippen LogP contribution in [0.3, 0.4) is 0 Å². The average molecular weight is 214 g/mol. The van der Waals surface area contributed by atoms with Gasteiger partial charge in [-0.05, 0) is 47.2 Å². The lowest BCUT2D eigenvalue weighted by Crippen LogP contribution is -2.49. The van der Waals surface area contributed by atoms with Gasteiger partial charge in [-0.15, -0.1) is 0 Å². The molecular formula is C12H26N2O. The molecule has 1 heterocycles. The topological polar surface area (TPSA) is 24.5 Å². The summed E-state index contributed by atoms with van der Waals surface area (Å²) >= 11 is 0. The Labute approximate surface area is 94.2 Å². The maximum atomic E-state index is 5.40. The summed E-state index contributed by atoms with van der Waals surface area (Å²) in [5.41, 5.74) is -0.0490. The van der Waals surface area contributed by atoms with Crippen LogP contribution in [0.4, 0.5) is 0 Å². The van der Waals surface area contributed by atoms with Crippen LogP contribution in [0.15, 0.2) is 0 Å². The summed E-state index contributed by atoms with van der Waals surface area (Å²) in [5.74, 6) is 0. The van der Waals surface area contributed by atoms with Gasteiger partial charge in [0.15, 0.2) is 0 Å².